The van der Waals surface area contributed by atoms with Gasteiger partial charge in [0, 0.05) is 11.9 Å². The van der Waals surface area contributed by atoms with Gasteiger partial charge in [-0.15, -0.1) is 0 Å². The third kappa shape index (κ3) is 3.38. The van der Waals surface area contributed by atoms with Crippen LogP contribution in [0.5, 0.6) is 0 Å². The number of hydrazone groups is 1. The average molecular weight is 209 g/mol. The SMILES string of the molecule is C/C=N/NC(=O)Nc1cc(F)ccc1C. The summed E-state index contributed by atoms with van der Waals surface area (Å²) in [6, 6.07) is 3.68. The summed E-state index contributed by atoms with van der Waals surface area (Å²) in [4.78, 5) is 11.2. The molecule has 0 bridgehead atoms. The number of carbonyl (C=O) groups excluding carboxylic acids is 1. The van der Waals surface area contributed by atoms with Crippen LogP contribution in [0, 0.1) is 12.7 Å². The largest absolute Gasteiger partial charge is 0.339 e. The number of hydrogen-bond acceptors (Lipinski definition) is 2. The van der Waals surface area contributed by atoms with Gasteiger partial charge in [-0.25, -0.2) is 14.6 Å². The molecule has 0 atom stereocenters. The fraction of sp³-hybridized carbons (Fsp3) is 0.200. The van der Waals surface area contributed by atoms with Crippen LogP contribution in [0.3, 0.4) is 0 Å². The van der Waals surface area contributed by atoms with Crippen molar-refractivity contribution in [1.29, 1.82) is 0 Å². The lowest BCUT2D eigenvalue weighted by molar-refractivity contribution is 0.252. The van der Waals surface area contributed by atoms with Gasteiger partial charge in [0.05, 0.1) is 0 Å². The van der Waals surface area contributed by atoms with Gasteiger partial charge >= 0.3 is 6.03 Å². The maximum atomic E-state index is 12.8. The first-order valence-electron chi connectivity index (χ1n) is 4.44. The molecule has 5 heteroatoms. The van der Waals surface area contributed by atoms with Gasteiger partial charge in [0.2, 0.25) is 0 Å². The molecule has 0 aliphatic carbocycles. The van der Waals surface area contributed by atoms with Crippen LogP contribution in [-0.2, 0) is 0 Å². The minimum Gasteiger partial charge on any atom is -0.306 e. The highest BCUT2D eigenvalue weighted by atomic mass is 19.1. The molecule has 2 amide bonds. The van der Waals surface area contributed by atoms with E-state index in [1.165, 1.54) is 18.3 Å². The molecular formula is C10H12FN3O. The number of urea groups is 1. The molecule has 0 radical (unpaired) electrons. The van der Waals surface area contributed by atoms with Gasteiger partial charge < -0.3 is 5.32 Å². The van der Waals surface area contributed by atoms with Crippen LogP contribution < -0.4 is 10.7 Å². The van der Waals surface area contributed by atoms with E-state index in [1.54, 1.807) is 19.9 Å². The first kappa shape index (κ1) is 11.2. The van der Waals surface area contributed by atoms with Crippen LogP contribution in [0.25, 0.3) is 0 Å². The fourth-order valence-corrected chi connectivity index (χ4v) is 1.00. The molecule has 0 aromatic heterocycles. The van der Waals surface area contributed by atoms with E-state index in [2.05, 4.69) is 15.8 Å². The van der Waals surface area contributed by atoms with Gasteiger partial charge in [-0.2, -0.15) is 5.10 Å². The molecule has 0 aliphatic heterocycles. The lowest BCUT2D eigenvalue weighted by Gasteiger charge is -2.07. The number of carbonyl (C=O) groups is 1. The number of halogens is 1. The second kappa shape index (κ2) is 5.09. The Labute approximate surface area is 87.2 Å². The zero-order valence-electron chi connectivity index (χ0n) is 8.54. The van der Waals surface area contributed by atoms with Crippen molar-refractivity contribution < 1.29 is 9.18 Å². The van der Waals surface area contributed by atoms with Crippen molar-refractivity contribution in [2.45, 2.75) is 13.8 Å². The standard InChI is InChI=1S/C10H12FN3O/c1-3-12-14-10(15)13-9-6-8(11)5-4-7(9)2/h3-6H,1-2H3,(H2,13,14,15)/b12-3+. The van der Waals surface area contributed by atoms with Crippen LogP contribution in [0.2, 0.25) is 0 Å². The normalized spacial score (nSPS) is 10.3. The first-order chi connectivity index (χ1) is 7.13. The summed E-state index contributed by atoms with van der Waals surface area (Å²) in [5, 5.41) is 6.02. The number of anilines is 1. The van der Waals surface area contributed by atoms with Crippen LogP contribution in [0.4, 0.5) is 14.9 Å². The first-order valence-corrected chi connectivity index (χ1v) is 4.44. The van der Waals surface area contributed by atoms with E-state index < -0.39 is 11.8 Å². The topological polar surface area (TPSA) is 53.5 Å². The molecule has 1 rings (SSSR count). The summed E-state index contributed by atoms with van der Waals surface area (Å²) in [6.07, 6.45) is 1.44. The zero-order valence-corrected chi connectivity index (χ0v) is 8.54. The minimum absolute atomic E-state index is 0.394. The molecule has 1 aromatic rings. The fourth-order valence-electron chi connectivity index (χ4n) is 1.00. The van der Waals surface area contributed by atoms with E-state index in [0.717, 1.165) is 5.56 Å². The van der Waals surface area contributed by atoms with Crippen molar-refractivity contribution in [3.8, 4) is 0 Å². The third-order valence-electron chi connectivity index (χ3n) is 1.74. The molecule has 2 N–H and O–H groups in total. The van der Waals surface area contributed by atoms with E-state index in [4.69, 9.17) is 0 Å². The van der Waals surface area contributed by atoms with E-state index >= 15 is 0 Å². The summed E-state index contributed by atoms with van der Waals surface area (Å²) in [6.45, 7) is 3.45. The number of hydrogen-bond donors (Lipinski definition) is 2. The summed E-state index contributed by atoms with van der Waals surface area (Å²) in [5.74, 6) is -0.394. The van der Waals surface area contributed by atoms with Gasteiger partial charge in [-0.1, -0.05) is 6.07 Å². The smallest absolute Gasteiger partial charge is 0.306 e. The van der Waals surface area contributed by atoms with Crippen molar-refractivity contribution in [2.24, 2.45) is 5.10 Å². The van der Waals surface area contributed by atoms with Gasteiger partial charge in [0.25, 0.3) is 0 Å². The molecule has 0 fully saturated rings. The summed E-state index contributed by atoms with van der Waals surface area (Å²) < 4.78 is 12.8. The summed E-state index contributed by atoms with van der Waals surface area (Å²) in [5.41, 5.74) is 3.44. The van der Waals surface area contributed by atoms with Crippen LogP contribution in [0.15, 0.2) is 23.3 Å². The van der Waals surface area contributed by atoms with Crippen molar-refractivity contribution in [1.82, 2.24) is 5.43 Å². The highest BCUT2D eigenvalue weighted by Crippen LogP contribution is 2.15. The molecular weight excluding hydrogens is 197 g/mol. The number of aryl methyl sites for hydroxylation is 1. The average Bonchev–Trinajstić information content (AvgIpc) is 2.20. The van der Waals surface area contributed by atoms with Crippen molar-refractivity contribution in [3.63, 3.8) is 0 Å². The summed E-state index contributed by atoms with van der Waals surface area (Å²) >= 11 is 0. The molecule has 1 aromatic carbocycles. The van der Waals surface area contributed by atoms with Crippen molar-refractivity contribution >= 4 is 17.9 Å². The Morgan fingerprint density at radius 2 is 2.27 bits per heavy atom. The maximum Gasteiger partial charge on any atom is 0.339 e. The van der Waals surface area contributed by atoms with E-state index in [0.29, 0.717) is 5.69 Å². The monoisotopic (exact) mass is 209 g/mol. The second-order valence-electron chi connectivity index (χ2n) is 2.91. The molecule has 4 nitrogen and oxygen atoms in total. The highest BCUT2D eigenvalue weighted by Gasteiger charge is 2.03. The number of benzene rings is 1. The highest BCUT2D eigenvalue weighted by molar-refractivity contribution is 5.90. The molecule has 80 valence electrons. The lowest BCUT2D eigenvalue weighted by Crippen LogP contribution is -2.24. The molecule has 0 spiro atoms. The summed E-state index contributed by atoms with van der Waals surface area (Å²) in [7, 11) is 0. The molecule has 0 aliphatic rings. The Bertz CT molecular complexity index is 390. The van der Waals surface area contributed by atoms with Crippen LogP contribution >= 0.6 is 0 Å². The van der Waals surface area contributed by atoms with Crippen molar-refractivity contribution in [2.75, 3.05) is 5.32 Å². The predicted octanol–water partition coefficient (Wildman–Crippen LogP) is 2.26. The Morgan fingerprint density at radius 1 is 1.53 bits per heavy atom. The Balaban J connectivity index is 2.71. The van der Waals surface area contributed by atoms with E-state index in [9.17, 15) is 9.18 Å². The Morgan fingerprint density at radius 3 is 2.93 bits per heavy atom. The number of nitrogens with zero attached hydrogens (tertiary/aromatic N) is 1. The lowest BCUT2D eigenvalue weighted by atomic mass is 10.2. The Kier molecular flexibility index (Phi) is 3.79. The zero-order chi connectivity index (χ0) is 11.3. The minimum atomic E-state index is -0.498. The predicted molar refractivity (Wildman–Crippen MR) is 57.5 cm³/mol. The molecule has 0 heterocycles. The molecule has 0 saturated carbocycles. The van der Waals surface area contributed by atoms with Gasteiger partial charge in [0.1, 0.15) is 5.82 Å². The number of rotatable bonds is 2. The van der Waals surface area contributed by atoms with Gasteiger partial charge in [0.15, 0.2) is 0 Å². The molecule has 0 saturated heterocycles. The van der Waals surface area contributed by atoms with Gasteiger partial charge in [-0.05, 0) is 31.5 Å². The van der Waals surface area contributed by atoms with Crippen LogP contribution in [0.1, 0.15) is 12.5 Å². The second-order valence-corrected chi connectivity index (χ2v) is 2.91. The van der Waals surface area contributed by atoms with E-state index in [-0.39, 0.29) is 0 Å². The molecule has 15 heavy (non-hydrogen) atoms. The van der Waals surface area contributed by atoms with Gasteiger partial charge in [-0.3, -0.25) is 0 Å². The number of nitrogens with one attached hydrogen (secondary N) is 2. The maximum absolute atomic E-state index is 12.8. The van der Waals surface area contributed by atoms with Crippen molar-refractivity contribution in [3.05, 3.63) is 29.6 Å². The molecule has 0 unspecified atom stereocenters. The Hall–Kier alpha value is -1.91. The van der Waals surface area contributed by atoms with Crippen LogP contribution in [-0.4, -0.2) is 12.2 Å². The van der Waals surface area contributed by atoms with E-state index in [1.807, 2.05) is 0 Å². The third-order valence-corrected chi connectivity index (χ3v) is 1.74. The number of amides is 2. The quantitative estimate of drug-likeness (QED) is 0.569.